The minimum Gasteiger partial charge on any atom is -0.340 e. The van der Waals surface area contributed by atoms with Gasteiger partial charge in [-0.3, -0.25) is 9.59 Å². The van der Waals surface area contributed by atoms with E-state index in [1.54, 1.807) is 45.9 Å². The van der Waals surface area contributed by atoms with Gasteiger partial charge in [-0.25, -0.2) is 0 Å². The summed E-state index contributed by atoms with van der Waals surface area (Å²) < 4.78 is 1.80. The van der Waals surface area contributed by atoms with Crippen molar-refractivity contribution in [2.45, 2.75) is 0 Å². The molecule has 0 atom stereocenters. The minimum absolute atomic E-state index is 0.119. The van der Waals surface area contributed by atoms with Crippen LogP contribution in [0.3, 0.4) is 0 Å². The topological polar surface area (TPSA) is 66.4 Å². The molecule has 0 saturated carbocycles. The van der Waals surface area contributed by atoms with Crippen LogP contribution in [-0.2, 0) is 11.8 Å². The SMILES string of the molecule is CN(C)CC(=O)Nc1cccc(NC(=O)c2cc3c(Cl)cccc3n2C)c1. The van der Waals surface area contributed by atoms with Crippen LogP contribution in [0.4, 0.5) is 11.4 Å². The van der Waals surface area contributed by atoms with Gasteiger partial charge in [-0.2, -0.15) is 0 Å². The Labute approximate surface area is 162 Å². The molecule has 1 aromatic heterocycles. The maximum Gasteiger partial charge on any atom is 0.272 e. The van der Waals surface area contributed by atoms with Crippen molar-refractivity contribution >= 4 is 45.7 Å². The Morgan fingerprint density at radius 3 is 2.37 bits per heavy atom. The lowest BCUT2D eigenvalue weighted by Crippen LogP contribution is -2.27. The van der Waals surface area contributed by atoms with Crippen LogP contribution < -0.4 is 10.6 Å². The van der Waals surface area contributed by atoms with E-state index in [-0.39, 0.29) is 18.4 Å². The summed E-state index contributed by atoms with van der Waals surface area (Å²) >= 11 is 6.22. The van der Waals surface area contributed by atoms with Crippen molar-refractivity contribution < 1.29 is 9.59 Å². The number of aromatic nitrogens is 1. The van der Waals surface area contributed by atoms with Gasteiger partial charge in [0.15, 0.2) is 0 Å². The van der Waals surface area contributed by atoms with Crippen LogP contribution in [0, 0.1) is 0 Å². The molecule has 3 aromatic rings. The summed E-state index contributed by atoms with van der Waals surface area (Å²) in [5, 5.41) is 7.12. The van der Waals surface area contributed by atoms with Gasteiger partial charge in [0.05, 0.1) is 6.54 Å². The van der Waals surface area contributed by atoms with E-state index in [9.17, 15) is 9.59 Å². The van der Waals surface area contributed by atoms with E-state index in [4.69, 9.17) is 11.6 Å². The van der Waals surface area contributed by atoms with Crippen molar-refractivity contribution in [3.63, 3.8) is 0 Å². The molecule has 0 fully saturated rings. The number of benzene rings is 2. The van der Waals surface area contributed by atoms with Crippen LogP contribution in [0.5, 0.6) is 0 Å². The molecule has 140 valence electrons. The lowest BCUT2D eigenvalue weighted by molar-refractivity contribution is -0.116. The quantitative estimate of drug-likeness (QED) is 0.706. The number of nitrogens with zero attached hydrogens (tertiary/aromatic N) is 2. The molecule has 2 amide bonds. The maximum atomic E-state index is 12.7. The molecule has 2 N–H and O–H groups in total. The largest absolute Gasteiger partial charge is 0.340 e. The number of amides is 2. The first-order chi connectivity index (χ1) is 12.8. The van der Waals surface area contributed by atoms with Crippen molar-refractivity contribution in [1.82, 2.24) is 9.47 Å². The highest BCUT2D eigenvalue weighted by Gasteiger charge is 2.15. The minimum atomic E-state index is -0.249. The smallest absolute Gasteiger partial charge is 0.272 e. The molecule has 0 aliphatic carbocycles. The molecule has 27 heavy (non-hydrogen) atoms. The van der Waals surface area contributed by atoms with Gasteiger partial charge in [0, 0.05) is 34.3 Å². The third-order valence-electron chi connectivity index (χ3n) is 4.13. The normalized spacial score (nSPS) is 11.0. The van der Waals surface area contributed by atoms with E-state index in [2.05, 4.69) is 10.6 Å². The molecule has 2 aromatic carbocycles. The zero-order chi connectivity index (χ0) is 19.6. The van der Waals surface area contributed by atoms with Crippen LogP contribution >= 0.6 is 11.6 Å². The Hall–Kier alpha value is -2.83. The van der Waals surface area contributed by atoms with Crippen LogP contribution in [-0.4, -0.2) is 41.9 Å². The van der Waals surface area contributed by atoms with Gasteiger partial charge in [0.2, 0.25) is 5.91 Å². The summed E-state index contributed by atoms with van der Waals surface area (Å²) in [4.78, 5) is 26.4. The first-order valence-corrected chi connectivity index (χ1v) is 8.83. The second kappa shape index (κ2) is 7.82. The average molecular weight is 385 g/mol. The summed E-state index contributed by atoms with van der Waals surface area (Å²) in [6, 6.07) is 14.4. The fraction of sp³-hybridized carbons (Fsp3) is 0.200. The predicted octanol–water partition coefficient (Wildman–Crippen LogP) is 3.58. The summed E-state index contributed by atoms with van der Waals surface area (Å²) in [6.45, 7) is 0.285. The van der Waals surface area contributed by atoms with Gasteiger partial charge in [0.25, 0.3) is 5.91 Å². The maximum absolute atomic E-state index is 12.7. The number of hydrogen-bond acceptors (Lipinski definition) is 3. The van der Waals surface area contributed by atoms with Gasteiger partial charge in [-0.15, -0.1) is 0 Å². The van der Waals surface area contributed by atoms with Crippen molar-refractivity contribution in [2.24, 2.45) is 7.05 Å². The predicted molar refractivity (Wildman–Crippen MR) is 110 cm³/mol. The number of carbonyl (C=O) groups is 2. The van der Waals surface area contributed by atoms with E-state index in [1.807, 2.05) is 33.3 Å². The number of likely N-dealkylation sites (N-methyl/N-ethyl adjacent to an activating group) is 1. The highest BCUT2D eigenvalue weighted by molar-refractivity contribution is 6.35. The third-order valence-corrected chi connectivity index (χ3v) is 4.46. The van der Waals surface area contributed by atoms with E-state index in [0.29, 0.717) is 22.1 Å². The first kappa shape index (κ1) is 18.9. The standard InChI is InChI=1S/C20H21ClN4O2/c1-24(2)12-19(26)22-13-6-4-7-14(10-13)23-20(27)18-11-15-16(21)8-5-9-17(15)25(18)3/h4-11H,12H2,1-3H3,(H,22,26)(H,23,27). The number of carbonyl (C=O) groups excluding carboxylic acids is 2. The molecule has 1 heterocycles. The van der Waals surface area contributed by atoms with Crippen molar-refractivity contribution in [3.8, 4) is 0 Å². The Kier molecular flexibility index (Phi) is 5.48. The molecule has 0 aliphatic heterocycles. The second-order valence-electron chi connectivity index (χ2n) is 6.58. The lowest BCUT2D eigenvalue weighted by Gasteiger charge is -2.11. The van der Waals surface area contributed by atoms with E-state index in [0.717, 1.165) is 10.9 Å². The first-order valence-electron chi connectivity index (χ1n) is 8.45. The molecule has 0 radical (unpaired) electrons. The van der Waals surface area contributed by atoms with E-state index in [1.165, 1.54) is 0 Å². The summed E-state index contributed by atoms with van der Waals surface area (Å²) in [6.07, 6.45) is 0. The highest BCUT2D eigenvalue weighted by atomic mass is 35.5. The molecule has 3 rings (SSSR count). The third kappa shape index (κ3) is 4.30. The number of halogens is 1. The molecule has 7 heteroatoms. The molecule has 6 nitrogen and oxygen atoms in total. The van der Waals surface area contributed by atoms with Crippen molar-refractivity contribution in [2.75, 3.05) is 31.3 Å². The van der Waals surface area contributed by atoms with Gasteiger partial charge in [-0.1, -0.05) is 23.7 Å². The van der Waals surface area contributed by atoms with Crippen LogP contribution in [0.2, 0.25) is 5.02 Å². The fourth-order valence-corrected chi connectivity index (χ4v) is 3.12. The zero-order valence-electron chi connectivity index (χ0n) is 15.4. The molecule has 0 bridgehead atoms. The zero-order valence-corrected chi connectivity index (χ0v) is 16.2. The number of fused-ring (bicyclic) bond motifs is 1. The molecule has 0 saturated heterocycles. The highest BCUT2D eigenvalue weighted by Crippen LogP contribution is 2.26. The lowest BCUT2D eigenvalue weighted by atomic mass is 10.2. The second-order valence-corrected chi connectivity index (χ2v) is 6.99. The molecule has 0 unspecified atom stereocenters. The molecular weight excluding hydrogens is 364 g/mol. The Morgan fingerprint density at radius 1 is 1.04 bits per heavy atom. The van der Waals surface area contributed by atoms with Crippen molar-refractivity contribution in [1.29, 1.82) is 0 Å². The van der Waals surface area contributed by atoms with Gasteiger partial charge >= 0.3 is 0 Å². The Balaban J connectivity index is 1.79. The molecule has 0 aliphatic rings. The summed E-state index contributed by atoms with van der Waals surface area (Å²) in [7, 11) is 5.48. The average Bonchev–Trinajstić information content (AvgIpc) is 2.93. The van der Waals surface area contributed by atoms with Gasteiger partial charge in [0.1, 0.15) is 5.69 Å². The van der Waals surface area contributed by atoms with E-state index < -0.39 is 0 Å². The number of anilines is 2. The fourth-order valence-electron chi connectivity index (χ4n) is 2.90. The number of rotatable bonds is 5. The summed E-state index contributed by atoms with van der Waals surface area (Å²) in [5.41, 5.74) is 2.61. The van der Waals surface area contributed by atoms with E-state index >= 15 is 0 Å². The monoisotopic (exact) mass is 384 g/mol. The van der Waals surface area contributed by atoms with Crippen molar-refractivity contribution in [3.05, 3.63) is 59.2 Å². The van der Waals surface area contributed by atoms with Crippen LogP contribution in [0.15, 0.2) is 48.5 Å². The summed E-state index contributed by atoms with van der Waals surface area (Å²) in [5.74, 6) is -0.367. The van der Waals surface area contributed by atoms with Gasteiger partial charge in [-0.05, 0) is 50.5 Å². The number of hydrogen-bond donors (Lipinski definition) is 2. The van der Waals surface area contributed by atoms with Crippen LogP contribution in [0.25, 0.3) is 10.9 Å². The molecular formula is C20H21ClN4O2. The molecule has 0 spiro atoms. The van der Waals surface area contributed by atoms with Crippen LogP contribution in [0.1, 0.15) is 10.5 Å². The van der Waals surface area contributed by atoms with Gasteiger partial charge < -0.3 is 20.1 Å². The number of nitrogens with one attached hydrogen (secondary N) is 2. The Morgan fingerprint density at radius 2 is 1.70 bits per heavy atom. The number of aryl methyl sites for hydroxylation is 1. The Bertz CT molecular complexity index is 1010.